The number of anilines is 1. The van der Waals surface area contributed by atoms with Gasteiger partial charge in [-0.25, -0.2) is 5.01 Å². The van der Waals surface area contributed by atoms with Gasteiger partial charge in [0.05, 0.1) is 11.4 Å². The lowest BCUT2D eigenvalue weighted by atomic mass is 10.00. The molecule has 0 bridgehead atoms. The van der Waals surface area contributed by atoms with Crippen molar-refractivity contribution in [1.82, 2.24) is 5.01 Å². The van der Waals surface area contributed by atoms with E-state index in [9.17, 15) is 14.7 Å². The summed E-state index contributed by atoms with van der Waals surface area (Å²) in [5.41, 5.74) is 6.98. The van der Waals surface area contributed by atoms with E-state index in [1.807, 2.05) is 24.3 Å². The van der Waals surface area contributed by atoms with Gasteiger partial charge in [0.1, 0.15) is 5.75 Å². The standard InChI is InChI=1S/C23H26N4O4/c1-15-7-3-4-8-17(15)12-13-18-9-5-10-19(22(18)30)24-25-21-16(2)26-27(23(21)31)14-6-11-20(28)29/h3-5,7-10,24,30H,6,11-14H2,1-2H3,(H,28,29)/b25-21+. The topological polar surface area (TPSA) is 115 Å². The number of aryl methyl sites for hydroxylation is 3. The molecule has 3 N–H and O–H groups in total. The maximum absolute atomic E-state index is 12.5. The summed E-state index contributed by atoms with van der Waals surface area (Å²) < 4.78 is 0. The second-order valence-electron chi connectivity index (χ2n) is 7.42. The SMILES string of the molecule is CC1=NN(CCCC(=O)O)C(=O)/C1=N/Nc1cccc(CCc2ccccc2C)c1O. The van der Waals surface area contributed by atoms with Crippen LogP contribution < -0.4 is 5.43 Å². The van der Waals surface area contributed by atoms with Crippen LogP contribution in [0.1, 0.15) is 36.5 Å². The van der Waals surface area contributed by atoms with Crippen LogP contribution in [0.25, 0.3) is 0 Å². The summed E-state index contributed by atoms with van der Waals surface area (Å²) in [5, 5.41) is 28.9. The Hall–Kier alpha value is -3.68. The van der Waals surface area contributed by atoms with Crippen LogP contribution >= 0.6 is 0 Å². The second-order valence-corrected chi connectivity index (χ2v) is 7.42. The predicted octanol–water partition coefficient (Wildman–Crippen LogP) is 3.34. The van der Waals surface area contributed by atoms with Crippen molar-refractivity contribution in [2.24, 2.45) is 10.2 Å². The number of nitrogens with zero attached hydrogens (tertiary/aromatic N) is 3. The Morgan fingerprint density at radius 2 is 1.81 bits per heavy atom. The fourth-order valence-corrected chi connectivity index (χ4v) is 3.37. The maximum atomic E-state index is 12.5. The molecule has 0 aromatic heterocycles. The lowest BCUT2D eigenvalue weighted by Gasteiger charge is -2.11. The number of benzene rings is 2. The highest BCUT2D eigenvalue weighted by atomic mass is 16.4. The van der Waals surface area contributed by atoms with E-state index >= 15 is 0 Å². The van der Waals surface area contributed by atoms with Crippen molar-refractivity contribution >= 4 is 29.0 Å². The molecule has 0 radical (unpaired) electrons. The normalized spacial score (nSPS) is 14.8. The minimum atomic E-state index is -0.916. The molecule has 8 nitrogen and oxygen atoms in total. The smallest absolute Gasteiger partial charge is 0.303 e. The highest BCUT2D eigenvalue weighted by Gasteiger charge is 2.29. The van der Waals surface area contributed by atoms with Crippen LogP contribution in [-0.4, -0.2) is 45.1 Å². The van der Waals surface area contributed by atoms with Crippen molar-refractivity contribution in [3.63, 3.8) is 0 Å². The van der Waals surface area contributed by atoms with Crippen LogP contribution in [0.4, 0.5) is 5.69 Å². The fraction of sp³-hybridized carbons (Fsp3) is 0.304. The van der Waals surface area contributed by atoms with Gasteiger partial charge in [0.25, 0.3) is 5.91 Å². The summed E-state index contributed by atoms with van der Waals surface area (Å²) in [6.07, 6.45) is 1.74. The molecule has 2 aromatic rings. The molecule has 1 aliphatic heterocycles. The van der Waals surface area contributed by atoms with Gasteiger partial charge in [-0.05, 0) is 55.9 Å². The molecule has 8 heteroatoms. The number of hydrazone groups is 2. The fourth-order valence-electron chi connectivity index (χ4n) is 3.37. The van der Waals surface area contributed by atoms with Gasteiger partial charge in [0, 0.05) is 13.0 Å². The van der Waals surface area contributed by atoms with Gasteiger partial charge in [0.2, 0.25) is 0 Å². The van der Waals surface area contributed by atoms with Gasteiger partial charge in [0.15, 0.2) is 5.71 Å². The lowest BCUT2D eigenvalue weighted by Crippen LogP contribution is -2.29. The molecule has 1 aliphatic rings. The molecule has 0 atom stereocenters. The molecule has 0 saturated carbocycles. The number of hydrogen-bond acceptors (Lipinski definition) is 6. The minimum absolute atomic E-state index is 0.0355. The zero-order valence-corrected chi connectivity index (χ0v) is 17.6. The number of rotatable bonds is 9. The molecule has 1 amide bonds. The molecule has 162 valence electrons. The number of carbonyl (C=O) groups excluding carboxylic acids is 1. The van der Waals surface area contributed by atoms with E-state index in [-0.39, 0.29) is 24.4 Å². The summed E-state index contributed by atoms with van der Waals surface area (Å²) in [7, 11) is 0. The van der Waals surface area contributed by atoms with Crippen LogP contribution in [0.2, 0.25) is 0 Å². The average molecular weight is 422 g/mol. The van der Waals surface area contributed by atoms with Crippen molar-refractivity contribution in [3.8, 4) is 5.75 Å². The van der Waals surface area contributed by atoms with Crippen molar-refractivity contribution < 1.29 is 19.8 Å². The summed E-state index contributed by atoms with van der Waals surface area (Å²) in [6.45, 7) is 3.94. The lowest BCUT2D eigenvalue weighted by molar-refractivity contribution is -0.137. The highest BCUT2D eigenvalue weighted by Crippen LogP contribution is 2.29. The Balaban J connectivity index is 1.66. The molecule has 0 spiro atoms. The number of para-hydroxylation sites is 1. The number of phenols is 1. The van der Waals surface area contributed by atoms with Crippen LogP contribution in [0, 0.1) is 6.92 Å². The zero-order valence-electron chi connectivity index (χ0n) is 17.6. The third-order valence-corrected chi connectivity index (χ3v) is 5.14. The molecule has 31 heavy (non-hydrogen) atoms. The van der Waals surface area contributed by atoms with Gasteiger partial charge in [-0.15, -0.1) is 0 Å². The first-order valence-electron chi connectivity index (χ1n) is 10.1. The van der Waals surface area contributed by atoms with Gasteiger partial charge < -0.3 is 10.2 Å². The highest BCUT2D eigenvalue weighted by molar-refractivity contribution is 6.68. The number of nitrogens with one attached hydrogen (secondary N) is 1. The molecule has 0 aliphatic carbocycles. The molecular weight excluding hydrogens is 396 g/mol. The zero-order chi connectivity index (χ0) is 22.4. The van der Waals surface area contributed by atoms with E-state index < -0.39 is 11.9 Å². The first kappa shape index (κ1) is 22.0. The molecule has 0 fully saturated rings. The summed E-state index contributed by atoms with van der Waals surface area (Å²) >= 11 is 0. The van der Waals surface area contributed by atoms with Gasteiger partial charge in [-0.3, -0.25) is 15.0 Å². The van der Waals surface area contributed by atoms with Crippen molar-refractivity contribution in [1.29, 1.82) is 0 Å². The molecular formula is C23H26N4O4. The Bertz CT molecular complexity index is 1050. The van der Waals surface area contributed by atoms with Gasteiger partial charge >= 0.3 is 5.97 Å². The molecule has 0 saturated heterocycles. The Kier molecular flexibility index (Phi) is 7.02. The van der Waals surface area contributed by atoms with Crippen LogP contribution in [0.5, 0.6) is 5.75 Å². The van der Waals surface area contributed by atoms with E-state index in [2.05, 4.69) is 34.7 Å². The molecule has 1 heterocycles. The molecule has 0 unspecified atom stereocenters. The van der Waals surface area contributed by atoms with Crippen molar-refractivity contribution in [2.45, 2.75) is 39.5 Å². The summed E-state index contributed by atoms with van der Waals surface area (Å²) in [4.78, 5) is 23.1. The Morgan fingerprint density at radius 1 is 1.10 bits per heavy atom. The number of aliphatic carboxylic acids is 1. The number of phenolic OH excluding ortho intramolecular Hbond substituents is 1. The van der Waals surface area contributed by atoms with Crippen LogP contribution in [0.15, 0.2) is 52.7 Å². The molecule has 3 rings (SSSR count). The largest absolute Gasteiger partial charge is 0.505 e. The summed E-state index contributed by atoms with van der Waals surface area (Å²) in [5.74, 6) is -1.22. The van der Waals surface area contributed by atoms with Crippen molar-refractivity contribution in [3.05, 3.63) is 59.2 Å². The maximum Gasteiger partial charge on any atom is 0.303 e. The number of carboxylic acids is 1. The monoisotopic (exact) mass is 422 g/mol. The van der Waals surface area contributed by atoms with E-state index in [0.29, 0.717) is 24.2 Å². The first-order chi connectivity index (χ1) is 14.9. The van der Waals surface area contributed by atoms with E-state index in [1.165, 1.54) is 16.1 Å². The second kappa shape index (κ2) is 9.88. The van der Waals surface area contributed by atoms with Crippen LogP contribution in [-0.2, 0) is 22.4 Å². The van der Waals surface area contributed by atoms with E-state index in [0.717, 1.165) is 12.0 Å². The summed E-state index contributed by atoms with van der Waals surface area (Å²) in [6, 6.07) is 13.5. The van der Waals surface area contributed by atoms with Gasteiger partial charge in [-0.1, -0.05) is 36.4 Å². The number of carbonyl (C=O) groups is 2. The van der Waals surface area contributed by atoms with E-state index in [4.69, 9.17) is 5.11 Å². The predicted molar refractivity (Wildman–Crippen MR) is 119 cm³/mol. The number of amides is 1. The third-order valence-electron chi connectivity index (χ3n) is 5.14. The molecule has 2 aromatic carbocycles. The third kappa shape index (κ3) is 5.48. The minimum Gasteiger partial charge on any atom is -0.505 e. The Labute approximate surface area is 180 Å². The van der Waals surface area contributed by atoms with E-state index in [1.54, 1.807) is 13.0 Å². The quantitative estimate of drug-likeness (QED) is 0.424. The average Bonchev–Trinajstić information content (AvgIpc) is 3.00. The number of aromatic hydroxyl groups is 1. The number of hydrogen-bond donors (Lipinski definition) is 3. The Morgan fingerprint density at radius 3 is 2.55 bits per heavy atom. The first-order valence-corrected chi connectivity index (χ1v) is 10.1. The van der Waals surface area contributed by atoms with Crippen molar-refractivity contribution in [2.75, 3.05) is 12.0 Å². The van der Waals surface area contributed by atoms with Crippen LogP contribution in [0.3, 0.4) is 0 Å². The number of carboxylic acid groups (broad SMARTS) is 1. The van der Waals surface area contributed by atoms with Gasteiger partial charge in [-0.2, -0.15) is 10.2 Å².